The Morgan fingerprint density at radius 3 is 2.53 bits per heavy atom. The molecule has 0 radical (unpaired) electrons. The van der Waals surface area contributed by atoms with Gasteiger partial charge in [-0.25, -0.2) is 0 Å². The summed E-state index contributed by atoms with van der Waals surface area (Å²) in [5, 5.41) is 0. The normalized spacial score (nSPS) is 39.7. The number of Topliss-reactive ketones (excluding diaryl/α,β-unsaturated/α-hetero) is 1. The third-order valence-corrected chi connectivity index (χ3v) is 11.5. The molecule has 36 heavy (non-hydrogen) atoms. The average molecular weight is 491 g/mol. The maximum atomic E-state index is 14.0. The molecule has 0 amide bonds. The van der Waals surface area contributed by atoms with Crippen molar-refractivity contribution in [2.75, 3.05) is 0 Å². The van der Waals surface area contributed by atoms with Crippen molar-refractivity contribution in [2.24, 2.45) is 46.3 Å². The summed E-state index contributed by atoms with van der Waals surface area (Å²) >= 11 is 0. The molecule has 4 saturated carbocycles. The molecule has 5 rings (SSSR count). The molecular weight excluding hydrogens is 444 g/mol. The Morgan fingerprint density at radius 1 is 1.03 bits per heavy atom. The molecule has 4 aliphatic carbocycles. The third kappa shape index (κ3) is 4.29. The van der Waals surface area contributed by atoms with E-state index in [0.717, 1.165) is 12.0 Å². The second kappa shape index (κ2) is 10.1. The highest BCUT2D eigenvalue weighted by Crippen LogP contribution is 2.68. The van der Waals surface area contributed by atoms with E-state index in [1.807, 2.05) is 30.3 Å². The summed E-state index contributed by atoms with van der Waals surface area (Å²) in [6.07, 6.45) is 13.4. The lowest BCUT2D eigenvalue weighted by Crippen LogP contribution is -2.57. The minimum absolute atomic E-state index is 0.0921. The lowest BCUT2D eigenvalue weighted by atomic mass is 9.43. The predicted octanol–water partition coefficient (Wildman–Crippen LogP) is 7.93. The van der Waals surface area contributed by atoms with E-state index in [2.05, 4.69) is 33.8 Å². The summed E-state index contributed by atoms with van der Waals surface area (Å²) < 4.78 is 5.55. The Morgan fingerprint density at radius 2 is 1.78 bits per heavy atom. The van der Waals surface area contributed by atoms with Gasteiger partial charge in [0, 0.05) is 12.3 Å². The van der Waals surface area contributed by atoms with Gasteiger partial charge < -0.3 is 4.74 Å². The second-order valence-electron chi connectivity index (χ2n) is 13.0. The number of carbonyl (C=O) groups excluding carboxylic acids is 2. The minimum atomic E-state index is -0.0921. The second-order valence-corrected chi connectivity index (χ2v) is 13.0. The fourth-order valence-corrected chi connectivity index (χ4v) is 9.60. The van der Waals surface area contributed by atoms with E-state index in [9.17, 15) is 9.59 Å². The quantitative estimate of drug-likeness (QED) is 0.300. The van der Waals surface area contributed by atoms with Crippen LogP contribution < -0.4 is 0 Å². The van der Waals surface area contributed by atoms with Gasteiger partial charge in [0.15, 0.2) is 5.78 Å². The average Bonchev–Trinajstić information content (AvgIpc) is 3.24. The molecule has 1 aromatic carbocycles. The summed E-state index contributed by atoms with van der Waals surface area (Å²) in [6, 6.07) is 9.91. The van der Waals surface area contributed by atoms with Crippen molar-refractivity contribution in [3.8, 4) is 0 Å². The smallest absolute Gasteiger partial charge is 0.306 e. The zero-order chi connectivity index (χ0) is 25.5. The first kappa shape index (κ1) is 25.7. The molecule has 4 aliphatic rings. The molecule has 0 aliphatic heterocycles. The van der Waals surface area contributed by atoms with Gasteiger partial charge in [-0.3, -0.25) is 9.59 Å². The van der Waals surface area contributed by atoms with Crippen LogP contribution in [0.2, 0.25) is 0 Å². The fourth-order valence-electron chi connectivity index (χ4n) is 9.60. The van der Waals surface area contributed by atoms with Crippen molar-refractivity contribution in [2.45, 2.75) is 98.5 Å². The Bertz CT molecular complexity index is 995. The van der Waals surface area contributed by atoms with Crippen LogP contribution in [-0.2, 0) is 20.9 Å². The number of hydrogen-bond acceptors (Lipinski definition) is 3. The van der Waals surface area contributed by atoms with Crippen LogP contribution in [0.15, 0.2) is 42.0 Å². The van der Waals surface area contributed by atoms with Crippen molar-refractivity contribution < 1.29 is 14.3 Å². The van der Waals surface area contributed by atoms with Gasteiger partial charge in [0.2, 0.25) is 0 Å². The first-order chi connectivity index (χ1) is 17.3. The van der Waals surface area contributed by atoms with Gasteiger partial charge in [-0.15, -0.1) is 0 Å². The molecule has 0 heterocycles. The molecule has 7 unspecified atom stereocenters. The van der Waals surface area contributed by atoms with Gasteiger partial charge in [-0.1, -0.05) is 70.0 Å². The van der Waals surface area contributed by atoms with Crippen LogP contribution in [0, 0.1) is 46.3 Å². The Labute approximate surface area is 218 Å². The van der Waals surface area contributed by atoms with Gasteiger partial charge in [-0.2, -0.15) is 0 Å². The number of benzene rings is 1. The molecule has 0 spiro atoms. The van der Waals surface area contributed by atoms with Crippen LogP contribution >= 0.6 is 0 Å². The number of ketones is 1. The molecule has 0 saturated heterocycles. The number of allylic oxidation sites excluding steroid dienone is 2. The maximum Gasteiger partial charge on any atom is 0.306 e. The van der Waals surface area contributed by atoms with Crippen LogP contribution in [-0.4, -0.2) is 11.8 Å². The number of carbonyl (C=O) groups is 2. The molecule has 0 aromatic heterocycles. The number of ether oxygens (including phenoxy) is 1. The van der Waals surface area contributed by atoms with Crippen molar-refractivity contribution in [3.05, 3.63) is 47.5 Å². The van der Waals surface area contributed by atoms with E-state index < -0.39 is 0 Å². The van der Waals surface area contributed by atoms with E-state index in [-0.39, 0.29) is 17.3 Å². The Balaban J connectivity index is 1.26. The number of rotatable bonds is 6. The molecule has 196 valence electrons. The zero-order valence-corrected chi connectivity index (χ0v) is 22.9. The van der Waals surface area contributed by atoms with E-state index in [4.69, 9.17) is 4.74 Å². The standard InChI is InChI=1S/C33H46O3/c1-5-24-26-13-9-10-19-32(26,3)28-18-20-33(4)25(15-16-27(33)30(28)31(24)35)22(2)14-17-29(34)36-21-23-11-7-6-8-12-23/h5-8,11-12,22,25-28,30H,9-10,13-21H2,1-4H3/b24-5+/t22-,25?,26?,27?,28?,30?,32?,33?/m1/s1. The number of esters is 1. The Hall–Kier alpha value is -1.90. The van der Waals surface area contributed by atoms with E-state index in [1.54, 1.807) is 0 Å². The first-order valence-electron chi connectivity index (χ1n) is 14.7. The van der Waals surface area contributed by atoms with Gasteiger partial charge in [-0.05, 0) is 103 Å². The molecule has 4 fully saturated rings. The number of fused-ring (bicyclic) bond motifs is 5. The minimum Gasteiger partial charge on any atom is -0.461 e. The van der Waals surface area contributed by atoms with Crippen molar-refractivity contribution in [3.63, 3.8) is 0 Å². The first-order valence-corrected chi connectivity index (χ1v) is 14.7. The lowest BCUT2D eigenvalue weighted by molar-refractivity contribution is -0.147. The topological polar surface area (TPSA) is 43.4 Å². The van der Waals surface area contributed by atoms with Gasteiger partial charge in [0.25, 0.3) is 0 Å². The van der Waals surface area contributed by atoms with Crippen LogP contribution in [0.25, 0.3) is 0 Å². The molecule has 3 heteroatoms. The Kier molecular flexibility index (Phi) is 7.22. The van der Waals surface area contributed by atoms with E-state index in [1.165, 1.54) is 56.9 Å². The largest absolute Gasteiger partial charge is 0.461 e. The molecule has 0 N–H and O–H groups in total. The molecule has 8 atom stereocenters. The van der Waals surface area contributed by atoms with Crippen LogP contribution in [0.5, 0.6) is 0 Å². The summed E-state index contributed by atoms with van der Waals surface area (Å²) in [6.45, 7) is 9.82. The summed E-state index contributed by atoms with van der Waals surface area (Å²) in [5.74, 6) is 3.21. The van der Waals surface area contributed by atoms with Crippen molar-refractivity contribution in [1.82, 2.24) is 0 Å². The summed E-state index contributed by atoms with van der Waals surface area (Å²) in [7, 11) is 0. The van der Waals surface area contributed by atoms with E-state index in [0.29, 0.717) is 53.8 Å². The monoisotopic (exact) mass is 490 g/mol. The molecule has 1 aromatic rings. The number of hydrogen-bond donors (Lipinski definition) is 0. The molecule has 3 nitrogen and oxygen atoms in total. The third-order valence-electron chi connectivity index (χ3n) is 11.5. The molecular formula is C33H46O3. The summed E-state index contributed by atoms with van der Waals surface area (Å²) in [5.41, 5.74) is 2.71. The van der Waals surface area contributed by atoms with Crippen LogP contribution in [0.1, 0.15) is 97.5 Å². The SMILES string of the molecule is C/C=C1/C(=O)C2C(CCC3(C)C2CCC3[C@H](C)CCC(=O)OCc2ccccc2)C2(C)CCCCC12. The highest BCUT2D eigenvalue weighted by Gasteiger charge is 2.63. The highest BCUT2D eigenvalue weighted by molar-refractivity contribution is 5.99. The predicted molar refractivity (Wildman–Crippen MR) is 144 cm³/mol. The van der Waals surface area contributed by atoms with E-state index >= 15 is 0 Å². The maximum absolute atomic E-state index is 14.0. The summed E-state index contributed by atoms with van der Waals surface area (Å²) in [4.78, 5) is 26.5. The van der Waals surface area contributed by atoms with Crippen molar-refractivity contribution >= 4 is 11.8 Å². The van der Waals surface area contributed by atoms with Crippen molar-refractivity contribution in [1.29, 1.82) is 0 Å². The van der Waals surface area contributed by atoms with Gasteiger partial charge >= 0.3 is 5.97 Å². The lowest BCUT2D eigenvalue weighted by Gasteiger charge is -2.60. The van der Waals surface area contributed by atoms with Gasteiger partial charge in [0.05, 0.1) is 0 Å². The fraction of sp³-hybridized carbons (Fsp3) is 0.697. The van der Waals surface area contributed by atoms with Gasteiger partial charge in [0.1, 0.15) is 6.61 Å². The van der Waals surface area contributed by atoms with Crippen LogP contribution in [0.4, 0.5) is 0 Å². The zero-order valence-electron chi connectivity index (χ0n) is 22.9. The van der Waals surface area contributed by atoms with Crippen LogP contribution in [0.3, 0.4) is 0 Å². The highest BCUT2D eigenvalue weighted by atomic mass is 16.5. The molecule has 0 bridgehead atoms.